The predicted molar refractivity (Wildman–Crippen MR) is 139 cm³/mol. The lowest BCUT2D eigenvalue weighted by atomic mass is 9.72. The molecule has 2 aliphatic carbocycles. The monoisotopic (exact) mass is 596 g/mol. The molecule has 0 aliphatic heterocycles. The number of methoxy groups -OCH3 is 2. The van der Waals surface area contributed by atoms with Gasteiger partial charge in [0, 0.05) is 34.0 Å². The molecule has 0 saturated carbocycles. The van der Waals surface area contributed by atoms with E-state index in [2.05, 4.69) is 10.3 Å². The summed E-state index contributed by atoms with van der Waals surface area (Å²) >= 11 is 11.6. The first-order valence-electron chi connectivity index (χ1n) is 10.9. The van der Waals surface area contributed by atoms with Gasteiger partial charge in [-0.25, -0.2) is 0 Å². The van der Waals surface area contributed by atoms with Gasteiger partial charge in [-0.3, -0.25) is 8.57 Å². The van der Waals surface area contributed by atoms with Crippen molar-refractivity contribution in [3.63, 3.8) is 0 Å². The summed E-state index contributed by atoms with van der Waals surface area (Å²) in [6.45, 7) is 0. The number of benzene rings is 3. The molecule has 0 heterocycles. The Labute approximate surface area is 228 Å². The molecule has 0 amide bonds. The lowest BCUT2D eigenvalue weighted by Gasteiger charge is -2.35. The first-order chi connectivity index (χ1) is 18.1. The number of nitrogens with zero attached hydrogens (tertiary/aromatic N) is 2. The van der Waals surface area contributed by atoms with Gasteiger partial charge in [-0.15, -0.1) is 0 Å². The molecule has 14 heteroatoms. The van der Waals surface area contributed by atoms with Crippen molar-refractivity contribution in [1.82, 2.24) is 0 Å². The average Bonchev–Trinajstić information content (AvgIpc) is 2.86. The largest absolute Gasteiger partial charge is 0.492 e. The van der Waals surface area contributed by atoms with Gasteiger partial charge in [0.05, 0.1) is 25.6 Å². The Morgan fingerprint density at radius 3 is 1.29 bits per heavy atom. The highest BCUT2D eigenvalue weighted by Gasteiger charge is 2.41. The van der Waals surface area contributed by atoms with Gasteiger partial charge in [-0.05, 0) is 59.7 Å². The lowest BCUT2D eigenvalue weighted by Crippen LogP contribution is -2.33. The number of fused-ring (bicyclic) bond motifs is 3. The molecule has 0 saturated heterocycles. The first kappa shape index (κ1) is 26.3. The average molecular weight is 597 g/mol. The minimum atomic E-state index is -4.16. The van der Waals surface area contributed by atoms with Gasteiger partial charge >= 0.3 is 20.2 Å². The fraction of sp³-hybridized carbons (Fsp3) is 0.167. The maximum Gasteiger partial charge on any atom is 0.358 e. The van der Waals surface area contributed by atoms with E-state index in [9.17, 15) is 16.8 Å². The highest BCUT2D eigenvalue weighted by molar-refractivity contribution is 7.87. The minimum Gasteiger partial charge on any atom is -0.492 e. The Balaban J connectivity index is 1.44. The van der Waals surface area contributed by atoms with Gasteiger partial charge in [0.1, 0.15) is 9.79 Å². The molecule has 0 fully saturated rings. The predicted octanol–water partition coefficient (Wildman–Crippen LogP) is 4.34. The third-order valence-corrected chi connectivity index (χ3v) is 8.74. The molecule has 38 heavy (non-hydrogen) atoms. The topological polar surface area (TPSA) is 130 Å². The zero-order chi connectivity index (χ0) is 27.2. The molecule has 5 rings (SSSR count). The summed E-state index contributed by atoms with van der Waals surface area (Å²) in [4.78, 5) is -0.191. The molecule has 0 unspecified atom stereocenters. The summed E-state index contributed by atoms with van der Waals surface area (Å²) < 4.78 is 71.0. The second-order valence-corrected chi connectivity index (χ2v) is 12.1. The van der Waals surface area contributed by atoms with E-state index in [0.717, 1.165) is 11.1 Å². The maximum atomic E-state index is 12.5. The lowest BCUT2D eigenvalue weighted by molar-refractivity contribution is 0.331. The quantitative estimate of drug-likeness (QED) is 0.351. The van der Waals surface area contributed by atoms with Crippen molar-refractivity contribution in [3.8, 4) is 11.5 Å². The second kappa shape index (κ2) is 9.77. The molecule has 10 nitrogen and oxygen atoms in total. The van der Waals surface area contributed by atoms with Gasteiger partial charge < -0.3 is 9.47 Å². The summed E-state index contributed by atoms with van der Waals surface area (Å²) in [6.07, 6.45) is 0.594. The Hall–Kier alpha value is -3.32. The standard InChI is InChI=1S/C24H18Cl2N2O8S2/c1-33-23-21-17(11-19(21)27-35-37(29,30)15-7-3-13(25)4-8-15)18-12-20(22(18)24(23)34-2)28-36-38(31,32)16-9-5-14(26)6-10-16/h3-10H,11-12H2,1-2H3/b27-19-,28-20-. The molecular formula is C24H18Cl2N2O8S2. The number of rotatable bonds is 8. The number of hydrogen-bond donors (Lipinski definition) is 0. The van der Waals surface area contributed by atoms with Gasteiger partial charge in [0.2, 0.25) is 0 Å². The Kier molecular flexibility index (Phi) is 6.76. The Bertz CT molecular complexity index is 1590. The van der Waals surface area contributed by atoms with E-state index >= 15 is 0 Å². The van der Waals surface area contributed by atoms with E-state index in [1.807, 2.05) is 0 Å². The van der Waals surface area contributed by atoms with Gasteiger partial charge in [-0.1, -0.05) is 33.5 Å². The zero-order valence-corrected chi connectivity index (χ0v) is 22.9. The van der Waals surface area contributed by atoms with Crippen LogP contribution in [-0.2, 0) is 41.6 Å². The number of halogens is 2. The van der Waals surface area contributed by atoms with Gasteiger partial charge in [0.25, 0.3) is 0 Å². The van der Waals surface area contributed by atoms with Crippen molar-refractivity contribution in [3.05, 3.63) is 80.8 Å². The Morgan fingerprint density at radius 1 is 0.632 bits per heavy atom. The van der Waals surface area contributed by atoms with Crippen molar-refractivity contribution in [2.75, 3.05) is 14.2 Å². The molecule has 0 spiro atoms. The van der Waals surface area contributed by atoms with Crippen LogP contribution < -0.4 is 9.47 Å². The van der Waals surface area contributed by atoms with Crippen LogP contribution in [0.3, 0.4) is 0 Å². The van der Waals surface area contributed by atoms with Crippen molar-refractivity contribution in [2.45, 2.75) is 22.6 Å². The normalized spacial score (nSPS) is 16.2. The number of ether oxygens (including phenoxy) is 2. The summed E-state index contributed by atoms with van der Waals surface area (Å²) in [5, 5.41) is 8.49. The van der Waals surface area contributed by atoms with E-state index in [1.54, 1.807) is 0 Å². The van der Waals surface area contributed by atoms with Gasteiger partial charge in [-0.2, -0.15) is 16.8 Å². The van der Waals surface area contributed by atoms with Gasteiger partial charge in [0.15, 0.2) is 11.5 Å². The van der Waals surface area contributed by atoms with Crippen LogP contribution in [0.15, 0.2) is 68.6 Å². The smallest absolute Gasteiger partial charge is 0.358 e. The molecule has 0 bridgehead atoms. The molecule has 3 aromatic carbocycles. The molecule has 3 aromatic rings. The third kappa shape index (κ3) is 4.57. The van der Waals surface area contributed by atoms with E-state index in [4.69, 9.17) is 41.2 Å². The van der Waals surface area contributed by atoms with Crippen LogP contribution in [-0.4, -0.2) is 42.5 Å². The molecular weight excluding hydrogens is 579 g/mol. The fourth-order valence-corrected chi connectivity index (χ4v) is 5.86. The summed E-state index contributed by atoms with van der Waals surface area (Å²) in [6, 6.07) is 11.0. The summed E-state index contributed by atoms with van der Waals surface area (Å²) in [5.74, 6) is 0.568. The second-order valence-electron chi connectivity index (χ2n) is 8.17. The van der Waals surface area contributed by atoms with Crippen LogP contribution in [0.2, 0.25) is 10.0 Å². The molecule has 2 aliphatic rings. The first-order valence-corrected chi connectivity index (χ1v) is 14.5. The Morgan fingerprint density at radius 2 is 0.974 bits per heavy atom. The van der Waals surface area contributed by atoms with Crippen LogP contribution in [0.25, 0.3) is 0 Å². The molecule has 0 N–H and O–H groups in total. The van der Waals surface area contributed by atoms with Crippen molar-refractivity contribution < 1.29 is 34.9 Å². The molecule has 198 valence electrons. The summed E-state index contributed by atoms with van der Waals surface area (Å²) in [7, 11) is -5.49. The van der Waals surface area contributed by atoms with E-state index < -0.39 is 20.2 Å². The minimum absolute atomic E-state index is 0.0955. The zero-order valence-electron chi connectivity index (χ0n) is 19.8. The molecule has 0 aromatic heterocycles. The SMILES string of the molecule is COc1c(OC)c2c(c3c1/C(=N\OS(=O)(=O)c1ccc(Cl)cc1)C3)C/C2=N/OS(=O)(=O)c1ccc(Cl)cc1. The third-order valence-electron chi connectivity index (χ3n) is 6.00. The van der Waals surface area contributed by atoms with Crippen LogP contribution in [0.4, 0.5) is 0 Å². The number of hydrogen-bond acceptors (Lipinski definition) is 10. The maximum absolute atomic E-state index is 12.5. The molecule has 0 radical (unpaired) electrons. The summed E-state index contributed by atoms with van der Waals surface area (Å²) in [5.41, 5.74) is 3.46. The van der Waals surface area contributed by atoms with E-state index in [-0.39, 0.29) is 21.3 Å². The fourth-order valence-electron chi connectivity index (χ4n) is 4.12. The van der Waals surface area contributed by atoms with Crippen molar-refractivity contribution in [1.29, 1.82) is 0 Å². The van der Waals surface area contributed by atoms with Crippen LogP contribution in [0.1, 0.15) is 22.3 Å². The van der Waals surface area contributed by atoms with Crippen molar-refractivity contribution >= 4 is 54.9 Å². The van der Waals surface area contributed by atoms with Crippen LogP contribution >= 0.6 is 23.2 Å². The van der Waals surface area contributed by atoms with Crippen LogP contribution in [0, 0.1) is 0 Å². The van der Waals surface area contributed by atoms with Crippen LogP contribution in [0.5, 0.6) is 11.5 Å². The van der Waals surface area contributed by atoms with Crippen molar-refractivity contribution in [2.24, 2.45) is 10.3 Å². The van der Waals surface area contributed by atoms with E-state index in [1.165, 1.54) is 62.8 Å². The highest BCUT2D eigenvalue weighted by atomic mass is 35.5. The highest BCUT2D eigenvalue weighted by Crippen LogP contribution is 2.50. The van der Waals surface area contributed by atoms with E-state index in [0.29, 0.717) is 45.4 Å². The molecule has 0 atom stereocenters. The number of oxime groups is 2.